The smallest absolute Gasteiger partial charge is 0.436 e. The summed E-state index contributed by atoms with van der Waals surface area (Å²) in [6.45, 7) is 0. The van der Waals surface area contributed by atoms with Gasteiger partial charge in [-0.3, -0.25) is 0 Å². The molecule has 0 unspecified atom stereocenters. The quantitative estimate of drug-likeness (QED) is 0.629. The van der Waals surface area contributed by atoms with Crippen molar-refractivity contribution in [1.29, 1.82) is 0 Å². The fraction of sp³-hybridized carbons (Fsp3) is 0.0556. The number of carboxylic acid groups (broad SMARTS) is 1. The Morgan fingerprint density at radius 2 is 2.00 bits per heavy atom. The van der Waals surface area contributed by atoms with E-state index in [4.69, 9.17) is 21.4 Å². The third kappa shape index (κ3) is 4.71. The van der Waals surface area contributed by atoms with Crippen LogP contribution in [0.1, 0.15) is 11.1 Å². The van der Waals surface area contributed by atoms with Crippen LogP contribution in [0.3, 0.4) is 0 Å². The maximum atomic E-state index is 14.1. The molecule has 0 fully saturated rings. The molecule has 0 radical (unpaired) electrons. The van der Waals surface area contributed by atoms with Crippen molar-refractivity contribution in [3.8, 4) is 23.5 Å². The second-order valence-electron chi connectivity index (χ2n) is 5.68. The van der Waals surface area contributed by atoms with Crippen LogP contribution in [0, 0.1) is 17.7 Å². The van der Waals surface area contributed by atoms with E-state index in [2.05, 4.69) is 22.2 Å². The fourth-order valence-corrected chi connectivity index (χ4v) is 3.52. The van der Waals surface area contributed by atoms with E-state index in [1.54, 1.807) is 0 Å². The van der Waals surface area contributed by atoms with Crippen LogP contribution in [-0.4, -0.2) is 40.9 Å². The number of hydrogen-bond acceptors (Lipinski definition) is 6. The molecule has 0 saturated heterocycles. The van der Waals surface area contributed by atoms with Gasteiger partial charge in [0.1, 0.15) is 17.8 Å². The van der Waals surface area contributed by atoms with Crippen molar-refractivity contribution in [2.45, 2.75) is 4.90 Å². The molecule has 0 atom stereocenters. The highest BCUT2D eigenvalue weighted by Gasteiger charge is 2.14. The number of sulfone groups is 1. The molecule has 3 aromatic rings. The van der Waals surface area contributed by atoms with E-state index in [0.717, 1.165) is 18.5 Å². The first-order valence-electron chi connectivity index (χ1n) is 7.78. The van der Waals surface area contributed by atoms with Crippen LogP contribution in [-0.2, 0) is 9.84 Å². The predicted molar refractivity (Wildman–Crippen MR) is 100 cm³/mol. The number of halogens is 2. The number of benzene rings is 2. The number of hydrogen-bond donors (Lipinski definition) is 1. The molecule has 29 heavy (non-hydrogen) atoms. The summed E-state index contributed by atoms with van der Waals surface area (Å²) in [6, 6.07) is 7.81. The Hall–Kier alpha value is -3.42. The molecule has 3 rings (SSSR count). The van der Waals surface area contributed by atoms with Crippen molar-refractivity contribution in [1.82, 2.24) is 15.0 Å². The molecular weight excluding hydrogens is 425 g/mol. The molecule has 0 aliphatic heterocycles. The average molecular weight is 436 g/mol. The van der Waals surface area contributed by atoms with Gasteiger partial charge in [-0.05, 0) is 36.4 Å². The van der Waals surface area contributed by atoms with Crippen molar-refractivity contribution in [2.75, 3.05) is 6.26 Å². The zero-order valence-electron chi connectivity index (χ0n) is 14.6. The third-order valence-corrected chi connectivity index (χ3v) is 5.11. The van der Waals surface area contributed by atoms with Crippen LogP contribution in [0.25, 0.3) is 0 Å². The van der Waals surface area contributed by atoms with E-state index in [0.29, 0.717) is 10.2 Å². The van der Waals surface area contributed by atoms with Gasteiger partial charge in [-0.15, -0.1) is 9.78 Å². The average Bonchev–Trinajstić information content (AvgIpc) is 3.10. The second-order valence-corrected chi connectivity index (χ2v) is 8.07. The summed E-state index contributed by atoms with van der Waals surface area (Å²) >= 11 is 5.89. The van der Waals surface area contributed by atoms with Crippen molar-refractivity contribution in [3.05, 3.63) is 64.6 Å². The van der Waals surface area contributed by atoms with Crippen LogP contribution in [0.4, 0.5) is 9.18 Å². The molecule has 0 bridgehead atoms. The molecule has 0 saturated carbocycles. The van der Waals surface area contributed by atoms with Crippen LogP contribution in [0.15, 0.2) is 47.5 Å². The normalized spacial score (nSPS) is 10.9. The molecule has 2 aromatic carbocycles. The first-order valence-corrected chi connectivity index (χ1v) is 10.0. The van der Waals surface area contributed by atoms with Crippen LogP contribution >= 0.6 is 11.6 Å². The first kappa shape index (κ1) is 20.3. The molecule has 148 valence electrons. The van der Waals surface area contributed by atoms with E-state index >= 15 is 0 Å². The Kier molecular flexibility index (Phi) is 5.54. The lowest BCUT2D eigenvalue weighted by atomic mass is 10.1. The summed E-state index contributed by atoms with van der Waals surface area (Å²) in [5.74, 6) is 4.53. The number of ether oxygens (including phenoxy) is 1. The summed E-state index contributed by atoms with van der Waals surface area (Å²) in [6.07, 6.45) is 0.704. The van der Waals surface area contributed by atoms with Gasteiger partial charge in [0, 0.05) is 11.8 Å². The Balaban J connectivity index is 1.93. The highest BCUT2D eigenvalue weighted by atomic mass is 35.5. The summed E-state index contributed by atoms with van der Waals surface area (Å²) < 4.78 is 43.5. The van der Waals surface area contributed by atoms with E-state index in [1.807, 2.05) is 0 Å². The van der Waals surface area contributed by atoms with Crippen molar-refractivity contribution in [2.24, 2.45) is 0 Å². The third-order valence-electron chi connectivity index (χ3n) is 3.53. The molecule has 8 nitrogen and oxygen atoms in total. The van der Waals surface area contributed by atoms with Crippen LogP contribution in [0.5, 0.6) is 11.6 Å². The molecule has 1 N–H and O–H groups in total. The SMILES string of the molecule is CS(=O)(=O)c1cc(C#Cc2cc(Oc3cnnn3C(=O)O)ccc2F)ccc1Cl. The van der Waals surface area contributed by atoms with Gasteiger partial charge in [-0.2, -0.15) is 0 Å². The van der Waals surface area contributed by atoms with Gasteiger partial charge in [-0.25, -0.2) is 17.6 Å². The molecular formula is C18H11ClFN3O5S. The molecule has 1 aromatic heterocycles. The zero-order valence-corrected chi connectivity index (χ0v) is 16.2. The molecule has 0 aliphatic rings. The highest BCUT2D eigenvalue weighted by molar-refractivity contribution is 7.90. The lowest BCUT2D eigenvalue weighted by molar-refractivity contribution is 0.189. The van der Waals surface area contributed by atoms with Gasteiger partial charge in [-0.1, -0.05) is 28.7 Å². The summed E-state index contributed by atoms with van der Waals surface area (Å²) in [5, 5.41) is 15.8. The Morgan fingerprint density at radius 1 is 1.24 bits per heavy atom. The molecule has 0 spiro atoms. The Morgan fingerprint density at radius 3 is 2.69 bits per heavy atom. The van der Waals surface area contributed by atoms with Gasteiger partial charge in [0.05, 0.1) is 15.5 Å². The van der Waals surface area contributed by atoms with Crippen molar-refractivity contribution < 1.29 is 27.4 Å². The lowest BCUT2D eigenvalue weighted by Crippen LogP contribution is -2.11. The van der Waals surface area contributed by atoms with Gasteiger partial charge < -0.3 is 9.84 Å². The van der Waals surface area contributed by atoms with Gasteiger partial charge in [0.25, 0.3) is 0 Å². The van der Waals surface area contributed by atoms with E-state index in [1.165, 1.54) is 30.3 Å². The largest absolute Gasteiger partial charge is 0.463 e. The fourth-order valence-electron chi connectivity index (χ4n) is 2.22. The summed E-state index contributed by atoms with van der Waals surface area (Å²) in [7, 11) is -3.55. The molecule has 1 heterocycles. The first-order chi connectivity index (χ1) is 13.6. The van der Waals surface area contributed by atoms with Gasteiger partial charge in [0.2, 0.25) is 5.88 Å². The number of nitrogens with zero attached hydrogens (tertiary/aromatic N) is 3. The maximum absolute atomic E-state index is 14.1. The van der Waals surface area contributed by atoms with Crippen molar-refractivity contribution in [3.63, 3.8) is 0 Å². The summed E-state index contributed by atoms with van der Waals surface area (Å²) in [4.78, 5) is 10.9. The zero-order chi connectivity index (χ0) is 21.2. The number of aromatic nitrogens is 3. The van der Waals surface area contributed by atoms with Gasteiger partial charge in [0.15, 0.2) is 9.84 Å². The molecule has 0 aliphatic carbocycles. The maximum Gasteiger partial charge on any atom is 0.436 e. The number of carbonyl (C=O) groups is 1. The lowest BCUT2D eigenvalue weighted by Gasteiger charge is -2.05. The molecule has 0 amide bonds. The van der Waals surface area contributed by atoms with Gasteiger partial charge >= 0.3 is 6.09 Å². The minimum absolute atomic E-state index is 0.0484. The Bertz CT molecular complexity index is 1280. The minimum atomic E-state index is -3.55. The predicted octanol–water partition coefficient (Wildman–Crippen LogP) is 3.19. The van der Waals surface area contributed by atoms with Crippen molar-refractivity contribution >= 4 is 27.5 Å². The minimum Gasteiger partial charge on any atom is -0.463 e. The van der Waals surface area contributed by atoms with Crippen LogP contribution < -0.4 is 4.74 Å². The highest BCUT2D eigenvalue weighted by Crippen LogP contribution is 2.24. The second kappa shape index (κ2) is 7.90. The summed E-state index contributed by atoms with van der Waals surface area (Å²) in [5.41, 5.74) is 0.265. The van der Waals surface area contributed by atoms with Crippen LogP contribution in [0.2, 0.25) is 5.02 Å². The Labute approximate surface area is 169 Å². The standard InChI is InChI=1S/C18H11ClFN3O5S/c1-29(26,27)16-8-11(3-6-14(16)19)2-4-12-9-13(5-7-15(12)20)28-17-10-21-22-23(17)18(24)25/h3,5-10H,1H3,(H,24,25). The van der Waals surface area contributed by atoms with E-state index in [9.17, 15) is 17.6 Å². The van der Waals surface area contributed by atoms with E-state index in [-0.39, 0.29) is 27.1 Å². The van der Waals surface area contributed by atoms with E-state index < -0.39 is 21.7 Å². The number of rotatable bonds is 3. The monoisotopic (exact) mass is 435 g/mol. The molecule has 11 heteroatoms. The topological polar surface area (TPSA) is 111 Å².